The summed E-state index contributed by atoms with van der Waals surface area (Å²) >= 11 is 0. The van der Waals surface area contributed by atoms with Gasteiger partial charge in [-0.3, -0.25) is 4.79 Å². The molecule has 148 valence electrons. The van der Waals surface area contributed by atoms with Gasteiger partial charge in [0.25, 0.3) is 5.91 Å². The van der Waals surface area contributed by atoms with E-state index in [4.69, 9.17) is 9.47 Å². The Morgan fingerprint density at radius 1 is 0.821 bits per heavy atom. The minimum atomic E-state index is -0.646. The number of esters is 2. The van der Waals surface area contributed by atoms with Crippen molar-refractivity contribution in [2.75, 3.05) is 32.8 Å². The fourth-order valence-electron chi connectivity index (χ4n) is 2.32. The van der Waals surface area contributed by atoms with Crippen molar-refractivity contribution in [2.45, 2.75) is 6.92 Å². The molecule has 0 atom stereocenters. The standard InChI is InChI=1S/C20H21NO7/c1-4-27-16-5-7-17(8-6-16)28-12-18(22)21-15-10-13(19(23)25-2)9-14(11-15)20(24)26-3/h5-11H,4,12H2,1-3H3,(H,21,22). The number of rotatable bonds is 8. The highest BCUT2D eigenvalue weighted by molar-refractivity contribution is 5.99. The van der Waals surface area contributed by atoms with Gasteiger partial charge in [-0.1, -0.05) is 0 Å². The van der Waals surface area contributed by atoms with Gasteiger partial charge in [0.05, 0.1) is 32.0 Å². The van der Waals surface area contributed by atoms with Crippen LogP contribution in [0.15, 0.2) is 42.5 Å². The number of ether oxygens (including phenoxy) is 4. The van der Waals surface area contributed by atoms with Gasteiger partial charge in [0, 0.05) is 5.69 Å². The average Bonchev–Trinajstić information content (AvgIpc) is 2.72. The van der Waals surface area contributed by atoms with Crippen LogP contribution in [-0.4, -0.2) is 45.3 Å². The molecule has 0 saturated heterocycles. The molecule has 1 N–H and O–H groups in total. The van der Waals surface area contributed by atoms with E-state index in [9.17, 15) is 14.4 Å². The molecular weight excluding hydrogens is 366 g/mol. The van der Waals surface area contributed by atoms with Crippen molar-refractivity contribution in [2.24, 2.45) is 0 Å². The number of amides is 1. The maximum absolute atomic E-state index is 12.2. The molecule has 1 amide bonds. The Labute approximate surface area is 162 Å². The van der Waals surface area contributed by atoms with Crippen molar-refractivity contribution in [1.29, 1.82) is 0 Å². The average molecular weight is 387 g/mol. The van der Waals surface area contributed by atoms with Crippen molar-refractivity contribution < 1.29 is 33.3 Å². The van der Waals surface area contributed by atoms with Gasteiger partial charge in [0.15, 0.2) is 6.61 Å². The lowest BCUT2D eigenvalue weighted by atomic mass is 10.1. The molecule has 0 fully saturated rings. The van der Waals surface area contributed by atoms with Crippen LogP contribution in [-0.2, 0) is 14.3 Å². The molecular formula is C20H21NO7. The largest absolute Gasteiger partial charge is 0.494 e. The Hall–Kier alpha value is -3.55. The zero-order chi connectivity index (χ0) is 20.5. The van der Waals surface area contributed by atoms with E-state index < -0.39 is 17.8 Å². The lowest BCUT2D eigenvalue weighted by Gasteiger charge is -2.11. The van der Waals surface area contributed by atoms with E-state index in [-0.39, 0.29) is 23.4 Å². The Morgan fingerprint density at radius 2 is 1.32 bits per heavy atom. The summed E-state index contributed by atoms with van der Waals surface area (Å²) in [5.41, 5.74) is 0.449. The van der Waals surface area contributed by atoms with Crippen LogP contribution in [0.3, 0.4) is 0 Å². The minimum absolute atomic E-state index is 0.105. The number of nitrogens with one attached hydrogen (secondary N) is 1. The predicted molar refractivity (Wildman–Crippen MR) is 101 cm³/mol. The molecule has 28 heavy (non-hydrogen) atoms. The predicted octanol–water partition coefficient (Wildman–Crippen LogP) is 2.68. The summed E-state index contributed by atoms with van der Waals surface area (Å²) in [5, 5.41) is 2.58. The lowest BCUT2D eigenvalue weighted by Crippen LogP contribution is -2.21. The van der Waals surface area contributed by atoms with Gasteiger partial charge in [-0.2, -0.15) is 0 Å². The number of carbonyl (C=O) groups excluding carboxylic acids is 3. The normalized spacial score (nSPS) is 9.96. The van der Waals surface area contributed by atoms with Crippen LogP contribution in [0, 0.1) is 0 Å². The summed E-state index contributed by atoms with van der Waals surface area (Å²) < 4.78 is 20.1. The van der Waals surface area contributed by atoms with Crippen molar-refractivity contribution in [1.82, 2.24) is 0 Å². The summed E-state index contributed by atoms with van der Waals surface area (Å²) in [6.07, 6.45) is 0. The third kappa shape index (κ3) is 5.73. The second-order valence-corrected chi connectivity index (χ2v) is 5.52. The molecule has 2 rings (SSSR count). The van der Waals surface area contributed by atoms with E-state index in [1.807, 2.05) is 6.92 Å². The molecule has 8 heteroatoms. The van der Waals surface area contributed by atoms with Gasteiger partial charge in [-0.05, 0) is 49.4 Å². The van der Waals surface area contributed by atoms with Gasteiger partial charge in [-0.25, -0.2) is 9.59 Å². The second kappa shape index (κ2) is 9.96. The topological polar surface area (TPSA) is 100 Å². The molecule has 0 bridgehead atoms. The maximum atomic E-state index is 12.2. The summed E-state index contributed by atoms with van der Waals surface area (Å²) in [5.74, 6) is -0.558. The van der Waals surface area contributed by atoms with E-state index in [0.29, 0.717) is 18.1 Å². The molecule has 0 aliphatic carbocycles. The van der Waals surface area contributed by atoms with E-state index in [1.54, 1.807) is 24.3 Å². The van der Waals surface area contributed by atoms with E-state index in [2.05, 4.69) is 14.8 Å². The SMILES string of the molecule is CCOc1ccc(OCC(=O)Nc2cc(C(=O)OC)cc(C(=O)OC)c2)cc1. The van der Waals surface area contributed by atoms with Crippen LogP contribution >= 0.6 is 0 Å². The maximum Gasteiger partial charge on any atom is 0.337 e. The Bertz CT molecular complexity index is 812. The molecule has 0 aliphatic heterocycles. The van der Waals surface area contributed by atoms with Gasteiger partial charge in [-0.15, -0.1) is 0 Å². The Morgan fingerprint density at radius 3 is 1.79 bits per heavy atom. The summed E-state index contributed by atoms with van der Waals surface area (Å²) in [4.78, 5) is 35.7. The number of methoxy groups -OCH3 is 2. The van der Waals surface area contributed by atoms with Gasteiger partial charge < -0.3 is 24.3 Å². The number of carbonyl (C=O) groups is 3. The Balaban J connectivity index is 2.05. The van der Waals surface area contributed by atoms with Crippen LogP contribution in [0.5, 0.6) is 11.5 Å². The van der Waals surface area contributed by atoms with E-state index >= 15 is 0 Å². The quantitative estimate of drug-likeness (QED) is 0.695. The highest BCUT2D eigenvalue weighted by Crippen LogP contribution is 2.19. The molecule has 0 aliphatic rings. The first-order valence-corrected chi connectivity index (χ1v) is 8.44. The first-order chi connectivity index (χ1) is 13.5. The number of hydrogen-bond acceptors (Lipinski definition) is 7. The monoisotopic (exact) mass is 387 g/mol. The smallest absolute Gasteiger partial charge is 0.337 e. The molecule has 0 heterocycles. The molecule has 0 saturated carbocycles. The van der Waals surface area contributed by atoms with E-state index in [1.165, 1.54) is 32.4 Å². The first-order valence-electron chi connectivity index (χ1n) is 8.44. The molecule has 2 aromatic rings. The lowest BCUT2D eigenvalue weighted by molar-refractivity contribution is -0.118. The highest BCUT2D eigenvalue weighted by Gasteiger charge is 2.15. The number of hydrogen-bond donors (Lipinski definition) is 1. The third-order valence-electron chi connectivity index (χ3n) is 3.56. The van der Waals surface area contributed by atoms with Crippen molar-refractivity contribution >= 4 is 23.5 Å². The summed E-state index contributed by atoms with van der Waals surface area (Å²) in [7, 11) is 2.44. The highest BCUT2D eigenvalue weighted by atomic mass is 16.5. The molecule has 2 aromatic carbocycles. The van der Waals surface area contributed by atoms with Crippen molar-refractivity contribution in [3.05, 3.63) is 53.6 Å². The van der Waals surface area contributed by atoms with Gasteiger partial charge >= 0.3 is 11.9 Å². The van der Waals surface area contributed by atoms with Crippen molar-refractivity contribution in [3.63, 3.8) is 0 Å². The Kier molecular flexibility index (Phi) is 7.38. The summed E-state index contributed by atoms with van der Waals surface area (Å²) in [6, 6.07) is 11.0. The van der Waals surface area contributed by atoms with Crippen LogP contribution < -0.4 is 14.8 Å². The minimum Gasteiger partial charge on any atom is -0.494 e. The summed E-state index contributed by atoms with van der Waals surface area (Å²) in [6.45, 7) is 2.18. The van der Waals surface area contributed by atoms with Crippen molar-refractivity contribution in [3.8, 4) is 11.5 Å². The van der Waals surface area contributed by atoms with Crippen LogP contribution in [0.1, 0.15) is 27.6 Å². The van der Waals surface area contributed by atoms with Gasteiger partial charge in [0.1, 0.15) is 11.5 Å². The van der Waals surface area contributed by atoms with Crippen LogP contribution in [0.2, 0.25) is 0 Å². The third-order valence-corrected chi connectivity index (χ3v) is 3.56. The fraction of sp³-hybridized carbons (Fsp3) is 0.250. The zero-order valence-corrected chi connectivity index (χ0v) is 15.8. The first kappa shape index (κ1) is 20.8. The number of benzene rings is 2. The molecule has 0 unspecified atom stereocenters. The molecule has 0 aromatic heterocycles. The number of anilines is 1. The van der Waals surface area contributed by atoms with Crippen LogP contribution in [0.25, 0.3) is 0 Å². The van der Waals surface area contributed by atoms with Crippen LogP contribution in [0.4, 0.5) is 5.69 Å². The van der Waals surface area contributed by atoms with E-state index in [0.717, 1.165) is 0 Å². The molecule has 0 spiro atoms. The fourth-order valence-corrected chi connectivity index (χ4v) is 2.32. The van der Waals surface area contributed by atoms with Gasteiger partial charge in [0.2, 0.25) is 0 Å². The zero-order valence-electron chi connectivity index (χ0n) is 15.8. The second-order valence-electron chi connectivity index (χ2n) is 5.52. The molecule has 8 nitrogen and oxygen atoms in total. The molecule has 0 radical (unpaired) electrons.